The average Bonchev–Trinajstić information content (AvgIpc) is 2.92. The second-order valence-corrected chi connectivity index (χ2v) is 4.92. The third kappa shape index (κ3) is 2.40. The molecule has 0 fully saturated rings. The number of pyridine rings is 1. The third-order valence-corrected chi connectivity index (χ3v) is 3.42. The normalized spacial score (nSPS) is 18.3. The second kappa shape index (κ2) is 4.59. The number of rotatable bonds is 2. The molecule has 7 heteroatoms. The molecule has 0 saturated heterocycles. The van der Waals surface area contributed by atoms with Crippen molar-refractivity contribution >= 4 is 0 Å². The Morgan fingerprint density at radius 1 is 1.35 bits per heavy atom. The van der Waals surface area contributed by atoms with E-state index in [1.807, 2.05) is 6.20 Å². The van der Waals surface area contributed by atoms with Gasteiger partial charge in [-0.2, -0.15) is 18.3 Å². The molecular formula is C13H13F3N4. The van der Waals surface area contributed by atoms with Gasteiger partial charge in [0.05, 0.1) is 12.2 Å². The van der Waals surface area contributed by atoms with Gasteiger partial charge in [-0.15, -0.1) is 0 Å². The molecule has 0 saturated carbocycles. The standard InChI is InChI=1S/C13H13F3N4/c14-13(15,16)12-4-1-8(5-18-12)6-20-7-9-10(17)2-3-11(9)19-20/h1,4-5,7,10H,2-3,6,17H2. The Labute approximate surface area is 113 Å². The fourth-order valence-electron chi connectivity index (χ4n) is 2.38. The highest BCUT2D eigenvalue weighted by atomic mass is 19.4. The molecule has 20 heavy (non-hydrogen) atoms. The summed E-state index contributed by atoms with van der Waals surface area (Å²) in [4.78, 5) is 3.43. The molecule has 4 nitrogen and oxygen atoms in total. The monoisotopic (exact) mass is 282 g/mol. The Kier molecular flexibility index (Phi) is 3.01. The number of fused-ring (bicyclic) bond motifs is 1. The number of nitrogens with zero attached hydrogens (tertiary/aromatic N) is 3. The first kappa shape index (κ1) is 13.1. The Morgan fingerprint density at radius 3 is 2.75 bits per heavy atom. The van der Waals surface area contributed by atoms with Crippen LogP contribution in [0.5, 0.6) is 0 Å². The van der Waals surface area contributed by atoms with Crippen LogP contribution in [-0.4, -0.2) is 14.8 Å². The zero-order valence-electron chi connectivity index (χ0n) is 10.6. The molecule has 0 radical (unpaired) electrons. The largest absolute Gasteiger partial charge is 0.433 e. The van der Waals surface area contributed by atoms with E-state index >= 15 is 0 Å². The lowest BCUT2D eigenvalue weighted by Gasteiger charge is -2.07. The maximum atomic E-state index is 12.4. The van der Waals surface area contributed by atoms with Gasteiger partial charge in [0.2, 0.25) is 0 Å². The van der Waals surface area contributed by atoms with Gasteiger partial charge in [0.1, 0.15) is 5.69 Å². The van der Waals surface area contributed by atoms with Crippen LogP contribution in [-0.2, 0) is 19.1 Å². The van der Waals surface area contributed by atoms with E-state index < -0.39 is 11.9 Å². The van der Waals surface area contributed by atoms with E-state index in [9.17, 15) is 13.2 Å². The summed E-state index contributed by atoms with van der Waals surface area (Å²) < 4.78 is 38.9. The summed E-state index contributed by atoms with van der Waals surface area (Å²) in [6.07, 6.45) is 0.452. The van der Waals surface area contributed by atoms with E-state index in [0.717, 1.165) is 30.2 Å². The minimum Gasteiger partial charge on any atom is -0.324 e. The summed E-state index contributed by atoms with van der Waals surface area (Å²) >= 11 is 0. The Hall–Kier alpha value is -1.89. The number of aryl methyl sites for hydroxylation is 1. The Morgan fingerprint density at radius 2 is 2.15 bits per heavy atom. The van der Waals surface area contributed by atoms with Crippen molar-refractivity contribution in [2.24, 2.45) is 5.73 Å². The molecule has 0 spiro atoms. The summed E-state index contributed by atoms with van der Waals surface area (Å²) in [5, 5.41) is 4.39. The molecule has 106 valence electrons. The number of hydrogen-bond donors (Lipinski definition) is 1. The lowest BCUT2D eigenvalue weighted by Crippen LogP contribution is -2.09. The van der Waals surface area contributed by atoms with Gasteiger partial charge in [0, 0.05) is 24.0 Å². The zero-order valence-corrected chi connectivity index (χ0v) is 10.6. The van der Waals surface area contributed by atoms with Crippen molar-refractivity contribution in [1.82, 2.24) is 14.8 Å². The fraction of sp³-hybridized carbons (Fsp3) is 0.385. The number of aromatic nitrogens is 3. The van der Waals surface area contributed by atoms with Gasteiger partial charge in [0.15, 0.2) is 0 Å². The predicted octanol–water partition coefficient (Wildman–Crippen LogP) is 2.29. The summed E-state index contributed by atoms with van der Waals surface area (Å²) in [5.74, 6) is 0. The van der Waals surface area contributed by atoms with Crippen LogP contribution in [0.25, 0.3) is 0 Å². The lowest BCUT2D eigenvalue weighted by atomic mass is 10.2. The van der Waals surface area contributed by atoms with Gasteiger partial charge in [-0.05, 0) is 24.5 Å². The first-order valence-corrected chi connectivity index (χ1v) is 6.27. The molecule has 3 rings (SSSR count). The molecule has 0 bridgehead atoms. The second-order valence-electron chi connectivity index (χ2n) is 4.92. The smallest absolute Gasteiger partial charge is 0.324 e. The summed E-state index contributed by atoms with van der Waals surface area (Å²) in [7, 11) is 0. The van der Waals surface area contributed by atoms with E-state index in [1.165, 1.54) is 12.3 Å². The zero-order chi connectivity index (χ0) is 14.3. The number of halogens is 3. The Bertz CT molecular complexity index is 616. The van der Waals surface area contributed by atoms with Crippen molar-refractivity contribution in [3.63, 3.8) is 0 Å². The maximum Gasteiger partial charge on any atom is 0.433 e. The number of nitrogens with two attached hydrogens (primary N) is 1. The van der Waals surface area contributed by atoms with Gasteiger partial charge >= 0.3 is 6.18 Å². The SMILES string of the molecule is NC1CCc2nn(Cc3ccc(C(F)(F)F)nc3)cc21. The highest BCUT2D eigenvalue weighted by Crippen LogP contribution is 2.29. The fourth-order valence-corrected chi connectivity index (χ4v) is 2.38. The number of hydrogen-bond acceptors (Lipinski definition) is 3. The Balaban J connectivity index is 1.77. The molecule has 1 aliphatic rings. The molecule has 2 heterocycles. The lowest BCUT2D eigenvalue weighted by molar-refractivity contribution is -0.141. The van der Waals surface area contributed by atoms with Crippen molar-refractivity contribution in [3.8, 4) is 0 Å². The maximum absolute atomic E-state index is 12.4. The van der Waals surface area contributed by atoms with Crippen molar-refractivity contribution < 1.29 is 13.2 Å². The van der Waals surface area contributed by atoms with Crippen molar-refractivity contribution in [2.75, 3.05) is 0 Å². The van der Waals surface area contributed by atoms with Crippen LogP contribution >= 0.6 is 0 Å². The van der Waals surface area contributed by atoms with Crippen LogP contribution in [0.15, 0.2) is 24.5 Å². The van der Waals surface area contributed by atoms with Gasteiger partial charge in [-0.3, -0.25) is 9.67 Å². The van der Waals surface area contributed by atoms with Gasteiger partial charge in [-0.1, -0.05) is 6.07 Å². The first-order chi connectivity index (χ1) is 9.43. The van der Waals surface area contributed by atoms with Crippen molar-refractivity contribution in [3.05, 3.63) is 47.0 Å². The predicted molar refractivity (Wildman–Crippen MR) is 65.8 cm³/mol. The molecule has 2 aromatic rings. The summed E-state index contributed by atoms with van der Waals surface area (Å²) in [6.45, 7) is 0.394. The van der Waals surface area contributed by atoms with E-state index in [4.69, 9.17) is 5.73 Å². The van der Waals surface area contributed by atoms with Crippen LogP contribution in [0.3, 0.4) is 0 Å². The quantitative estimate of drug-likeness (QED) is 0.919. The molecular weight excluding hydrogens is 269 g/mol. The average molecular weight is 282 g/mol. The van der Waals surface area contributed by atoms with E-state index in [-0.39, 0.29) is 6.04 Å². The van der Waals surface area contributed by atoms with Crippen LogP contribution in [0.4, 0.5) is 13.2 Å². The first-order valence-electron chi connectivity index (χ1n) is 6.27. The molecule has 0 amide bonds. The summed E-state index contributed by atoms with van der Waals surface area (Å²) in [5.41, 5.74) is 7.74. The third-order valence-electron chi connectivity index (χ3n) is 3.42. The molecule has 0 aliphatic heterocycles. The number of alkyl halides is 3. The topological polar surface area (TPSA) is 56.7 Å². The molecule has 2 N–H and O–H groups in total. The van der Waals surface area contributed by atoms with Gasteiger partial charge in [0.25, 0.3) is 0 Å². The minimum absolute atomic E-state index is 0.0180. The van der Waals surface area contributed by atoms with Crippen LogP contribution in [0, 0.1) is 0 Å². The van der Waals surface area contributed by atoms with Gasteiger partial charge < -0.3 is 5.73 Å². The summed E-state index contributed by atoms with van der Waals surface area (Å²) in [6, 6.07) is 2.42. The van der Waals surface area contributed by atoms with Crippen LogP contribution < -0.4 is 5.73 Å². The van der Waals surface area contributed by atoms with Crippen molar-refractivity contribution in [2.45, 2.75) is 31.6 Å². The molecule has 1 aliphatic carbocycles. The molecule has 2 aromatic heterocycles. The highest BCUT2D eigenvalue weighted by Gasteiger charge is 2.32. The van der Waals surface area contributed by atoms with Crippen molar-refractivity contribution in [1.29, 1.82) is 0 Å². The van der Waals surface area contributed by atoms with E-state index in [0.29, 0.717) is 12.1 Å². The van der Waals surface area contributed by atoms with Crippen LogP contribution in [0.1, 0.15) is 35.0 Å². The molecule has 0 aromatic carbocycles. The van der Waals surface area contributed by atoms with Gasteiger partial charge in [-0.25, -0.2) is 0 Å². The minimum atomic E-state index is -4.40. The van der Waals surface area contributed by atoms with E-state index in [1.54, 1.807) is 4.68 Å². The molecule has 1 unspecified atom stereocenters. The van der Waals surface area contributed by atoms with Crippen LogP contribution in [0.2, 0.25) is 0 Å². The van der Waals surface area contributed by atoms with E-state index in [2.05, 4.69) is 10.1 Å². The highest BCUT2D eigenvalue weighted by molar-refractivity contribution is 5.27. The molecule has 1 atom stereocenters.